The number of sulfone groups is 1. The predicted molar refractivity (Wildman–Crippen MR) is 84.5 cm³/mol. The maximum atomic E-state index is 13.3. The summed E-state index contributed by atoms with van der Waals surface area (Å²) in [6, 6.07) is 0.463. The van der Waals surface area contributed by atoms with E-state index in [2.05, 4.69) is 10.1 Å². The van der Waals surface area contributed by atoms with Gasteiger partial charge in [-0.2, -0.15) is 5.10 Å². The molecule has 0 unspecified atom stereocenters. The number of hydrogen-bond donors (Lipinski definition) is 0. The standard InChI is InChI=1S/C15H17FN4O3S/c1-2-19-9-12(7-18-19)14-10-24(22,23)4-3-20(14)15(21)11-5-13(16)8-17-6-11/h5-9,14H,2-4,10H2,1H3/t14-/m1/s1. The minimum atomic E-state index is -3.25. The third kappa shape index (κ3) is 3.30. The van der Waals surface area contributed by atoms with Gasteiger partial charge >= 0.3 is 0 Å². The van der Waals surface area contributed by atoms with Crippen LogP contribution in [0.1, 0.15) is 28.9 Å². The van der Waals surface area contributed by atoms with Gasteiger partial charge in [0.05, 0.1) is 35.5 Å². The smallest absolute Gasteiger partial charge is 0.256 e. The number of nitrogens with zero attached hydrogens (tertiary/aromatic N) is 4. The average molecular weight is 352 g/mol. The second-order valence-corrected chi connectivity index (χ2v) is 7.88. The Labute approximate surface area is 139 Å². The molecule has 2 aromatic heterocycles. The van der Waals surface area contributed by atoms with E-state index in [9.17, 15) is 17.6 Å². The molecular formula is C15H17FN4O3S. The number of pyridine rings is 1. The van der Waals surface area contributed by atoms with E-state index in [-0.39, 0.29) is 23.6 Å². The molecule has 1 saturated heterocycles. The number of amides is 1. The fraction of sp³-hybridized carbons (Fsp3) is 0.400. The van der Waals surface area contributed by atoms with Crippen LogP contribution in [0.5, 0.6) is 0 Å². The summed E-state index contributed by atoms with van der Waals surface area (Å²) in [7, 11) is -3.25. The summed E-state index contributed by atoms with van der Waals surface area (Å²) in [4.78, 5) is 17.9. The molecule has 0 bridgehead atoms. The summed E-state index contributed by atoms with van der Waals surface area (Å²) in [5.74, 6) is -1.33. The van der Waals surface area contributed by atoms with Gasteiger partial charge in [0.2, 0.25) is 0 Å². The Morgan fingerprint density at radius 2 is 2.17 bits per heavy atom. The number of carbonyl (C=O) groups is 1. The number of rotatable bonds is 3. The number of hydrogen-bond acceptors (Lipinski definition) is 5. The lowest BCUT2D eigenvalue weighted by molar-refractivity contribution is 0.0696. The van der Waals surface area contributed by atoms with Crippen molar-refractivity contribution in [2.45, 2.75) is 19.5 Å². The monoisotopic (exact) mass is 352 g/mol. The lowest BCUT2D eigenvalue weighted by Gasteiger charge is -2.35. The van der Waals surface area contributed by atoms with Crippen molar-refractivity contribution in [3.8, 4) is 0 Å². The molecule has 7 nitrogen and oxygen atoms in total. The van der Waals surface area contributed by atoms with Crippen molar-refractivity contribution in [1.29, 1.82) is 0 Å². The van der Waals surface area contributed by atoms with Crippen LogP contribution in [0.15, 0.2) is 30.9 Å². The Bertz CT molecular complexity index is 865. The van der Waals surface area contributed by atoms with Crippen LogP contribution in [0, 0.1) is 5.82 Å². The van der Waals surface area contributed by atoms with E-state index in [1.54, 1.807) is 17.1 Å². The molecule has 0 N–H and O–H groups in total. The fourth-order valence-corrected chi connectivity index (χ4v) is 4.24. The molecule has 0 spiro atoms. The Balaban J connectivity index is 1.96. The Morgan fingerprint density at radius 1 is 1.38 bits per heavy atom. The van der Waals surface area contributed by atoms with Crippen molar-refractivity contribution in [1.82, 2.24) is 19.7 Å². The van der Waals surface area contributed by atoms with Crippen molar-refractivity contribution in [3.05, 3.63) is 47.8 Å². The first-order chi connectivity index (χ1) is 11.4. The lowest BCUT2D eigenvalue weighted by Crippen LogP contribution is -2.46. The van der Waals surface area contributed by atoms with Crippen LogP contribution in [-0.2, 0) is 16.4 Å². The van der Waals surface area contributed by atoms with E-state index in [0.717, 1.165) is 12.3 Å². The zero-order chi connectivity index (χ0) is 17.3. The SMILES string of the molecule is CCn1cc([C@H]2CS(=O)(=O)CCN2C(=O)c2cncc(F)c2)cn1. The van der Waals surface area contributed by atoms with E-state index in [1.165, 1.54) is 11.1 Å². The molecule has 1 fully saturated rings. The molecule has 1 aliphatic rings. The van der Waals surface area contributed by atoms with Gasteiger partial charge in [0, 0.05) is 31.0 Å². The fourth-order valence-electron chi connectivity index (χ4n) is 2.75. The van der Waals surface area contributed by atoms with Crippen LogP contribution in [0.3, 0.4) is 0 Å². The summed E-state index contributed by atoms with van der Waals surface area (Å²) in [5.41, 5.74) is 0.750. The molecule has 1 aliphatic heterocycles. The molecule has 2 aromatic rings. The maximum Gasteiger partial charge on any atom is 0.256 e. The van der Waals surface area contributed by atoms with Gasteiger partial charge < -0.3 is 4.90 Å². The Morgan fingerprint density at radius 3 is 2.83 bits per heavy atom. The maximum absolute atomic E-state index is 13.3. The highest BCUT2D eigenvalue weighted by atomic mass is 32.2. The Kier molecular flexibility index (Phi) is 4.35. The number of aryl methyl sites for hydroxylation is 1. The van der Waals surface area contributed by atoms with Gasteiger partial charge in [-0.1, -0.05) is 0 Å². The molecular weight excluding hydrogens is 335 g/mol. The van der Waals surface area contributed by atoms with Gasteiger partial charge in [-0.25, -0.2) is 12.8 Å². The van der Waals surface area contributed by atoms with Crippen molar-refractivity contribution in [3.63, 3.8) is 0 Å². The molecule has 0 radical (unpaired) electrons. The molecule has 0 aromatic carbocycles. The van der Waals surface area contributed by atoms with Crippen molar-refractivity contribution >= 4 is 15.7 Å². The van der Waals surface area contributed by atoms with E-state index < -0.39 is 27.6 Å². The highest BCUT2D eigenvalue weighted by Crippen LogP contribution is 2.28. The molecule has 24 heavy (non-hydrogen) atoms. The molecule has 3 rings (SSSR count). The molecule has 1 amide bonds. The second kappa shape index (κ2) is 6.31. The van der Waals surface area contributed by atoms with Crippen LogP contribution >= 0.6 is 0 Å². The van der Waals surface area contributed by atoms with Gasteiger partial charge in [-0.15, -0.1) is 0 Å². The van der Waals surface area contributed by atoms with Crippen LogP contribution in [-0.4, -0.2) is 52.0 Å². The Hall–Kier alpha value is -2.29. The predicted octanol–water partition coefficient (Wildman–Crippen LogP) is 1.05. The van der Waals surface area contributed by atoms with Crippen molar-refractivity contribution < 1.29 is 17.6 Å². The summed E-state index contributed by atoms with van der Waals surface area (Å²) in [5, 5.41) is 4.15. The third-order valence-corrected chi connectivity index (χ3v) is 5.63. The van der Waals surface area contributed by atoms with Crippen LogP contribution < -0.4 is 0 Å². The minimum absolute atomic E-state index is 0.0552. The second-order valence-electron chi connectivity index (χ2n) is 5.65. The van der Waals surface area contributed by atoms with Crippen LogP contribution in [0.25, 0.3) is 0 Å². The molecule has 0 aliphatic carbocycles. The van der Waals surface area contributed by atoms with E-state index >= 15 is 0 Å². The van der Waals surface area contributed by atoms with Crippen molar-refractivity contribution in [2.24, 2.45) is 0 Å². The summed E-state index contributed by atoms with van der Waals surface area (Å²) in [6.45, 7) is 2.61. The van der Waals surface area contributed by atoms with E-state index in [0.29, 0.717) is 12.1 Å². The first kappa shape index (κ1) is 16.6. The zero-order valence-electron chi connectivity index (χ0n) is 13.1. The summed E-state index contributed by atoms with van der Waals surface area (Å²) < 4.78 is 39.1. The van der Waals surface area contributed by atoms with Gasteiger partial charge in [0.25, 0.3) is 5.91 Å². The third-order valence-electron chi connectivity index (χ3n) is 4.01. The highest BCUT2D eigenvalue weighted by Gasteiger charge is 2.36. The van der Waals surface area contributed by atoms with Crippen molar-refractivity contribution in [2.75, 3.05) is 18.1 Å². The van der Waals surface area contributed by atoms with E-state index in [1.807, 2.05) is 6.92 Å². The number of aromatic nitrogens is 3. The molecule has 9 heteroatoms. The normalized spacial score (nSPS) is 20.1. The molecule has 0 saturated carbocycles. The molecule has 1 atom stereocenters. The topological polar surface area (TPSA) is 85.2 Å². The highest BCUT2D eigenvalue weighted by molar-refractivity contribution is 7.91. The lowest BCUT2D eigenvalue weighted by atomic mass is 10.1. The minimum Gasteiger partial charge on any atom is -0.329 e. The number of halogens is 1. The van der Waals surface area contributed by atoms with Crippen LogP contribution in [0.2, 0.25) is 0 Å². The molecule has 128 valence electrons. The number of carbonyl (C=O) groups excluding carboxylic acids is 1. The largest absolute Gasteiger partial charge is 0.329 e. The van der Waals surface area contributed by atoms with E-state index in [4.69, 9.17) is 0 Å². The summed E-state index contributed by atoms with van der Waals surface area (Å²) in [6.07, 6.45) is 5.59. The molecule has 3 heterocycles. The van der Waals surface area contributed by atoms with Gasteiger partial charge in [0.15, 0.2) is 9.84 Å². The van der Waals surface area contributed by atoms with Gasteiger partial charge in [-0.05, 0) is 13.0 Å². The average Bonchev–Trinajstić information content (AvgIpc) is 3.02. The zero-order valence-corrected chi connectivity index (χ0v) is 13.9. The summed E-state index contributed by atoms with van der Waals surface area (Å²) >= 11 is 0. The van der Waals surface area contributed by atoms with Gasteiger partial charge in [0.1, 0.15) is 5.82 Å². The first-order valence-corrected chi connectivity index (χ1v) is 9.36. The quantitative estimate of drug-likeness (QED) is 0.824. The van der Waals surface area contributed by atoms with Crippen LogP contribution in [0.4, 0.5) is 4.39 Å². The first-order valence-electron chi connectivity index (χ1n) is 7.54. The van der Waals surface area contributed by atoms with Gasteiger partial charge in [-0.3, -0.25) is 14.5 Å².